The van der Waals surface area contributed by atoms with E-state index in [1.807, 2.05) is 18.2 Å². The maximum Gasteiger partial charge on any atom is 0.103 e. The monoisotopic (exact) mass is 286 g/mol. The third-order valence-electron chi connectivity index (χ3n) is 1.83. The Balaban J connectivity index is 2.73. The Kier molecular flexibility index (Phi) is 4.79. The summed E-state index contributed by atoms with van der Waals surface area (Å²) in [5, 5.41) is 12.0. The Bertz CT molecular complexity index is 414. The molecule has 0 fully saturated rings. The molecule has 0 aliphatic carbocycles. The average molecular weight is 287 g/mol. The molecule has 0 aliphatic rings. The van der Waals surface area contributed by atoms with Crippen LogP contribution in [-0.2, 0) is 10.8 Å². The normalized spacial score (nSPS) is 11.8. The number of nitrogens with zero attached hydrogens (tertiary/aromatic N) is 1. The zero-order valence-electron chi connectivity index (χ0n) is 8.29. The van der Waals surface area contributed by atoms with Crippen LogP contribution in [0, 0.1) is 11.3 Å². The van der Waals surface area contributed by atoms with Crippen molar-refractivity contribution < 1.29 is 4.21 Å². The van der Waals surface area contributed by atoms with Crippen molar-refractivity contribution in [1.29, 1.82) is 5.26 Å². The zero-order valence-corrected chi connectivity index (χ0v) is 10.7. The van der Waals surface area contributed by atoms with Crippen molar-refractivity contribution in [3.8, 4) is 6.07 Å². The third kappa shape index (κ3) is 3.65. The highest BCUT2D eigenvalue weighted by Gasteiger charge is 2.04. The first kappa shape index (κ1) is 12.2. The molecule has 1 N–H and O–H groups in total. The number of nitrogens with one attached hydrogen (secondary N) is 1. The fraction of sp³-hybridized carbons (Fsp3) is 0.300. The van der Waals surface area contributed by atoms with Crippen LogP contribution >= 0.6 is 15.9 Å². The fourth-order valence-electron chi connectivity index (χ4n) is 1.11. The number of anilines is 1. The molecule has 0 aliphatic heterocycles. The maximum atomic E-state index is 10.9. The quantitative estimate of drug-likeness (QED) is 0.922. The average Bonchev–Trinajstić information content (AvgIpc) is 2.17. The number of rotatable bonds is 4. The molecule has 0 amide bonds. The van der Waals surface area contributed by atoms with Gasteiger partial charge in [-0.05, 0) is 28.1 Å². The minimum atomic E-state index is -0.810. The smallest absolute Gasteiger partial charge is 0.103 e. The first-order chi connectivity index (χ1) is 7.15. The van der Waals surface area contributed by atoms with Gasteiger partial charge in [0.15, 0.2) is 0 Å². The van der Waals surface area contributed by atoms with Crippen molar-refractivity contribution in [1.82, 2.24) is 0 Å². The first-order valence-electron chi connectivity index (χ1n) is 4.37. The van der Waals surface area contributed by atoms with E-state index in [2.05, 4.69) is 27.3 Å². The summed E-state index contributed by atoms with van der Waals surface area (Å²) in [4.78, 5) is 0. The van der Waals surface area contributed by atoms with Crippen LogP contribution in [0.2, 0.25) is 0 Å². The van der Waals surface area contributed by atoms with Gasteiger partial charge in [-0.15, -0.1) is 0 Å². The lowest BCUT2D eigenvalue weighted by atomic mass is 10.2. The van der Waals surface area contributed by atoms with E-state index in [1.165, 1.54) is 0 Å². The molecule has 1 aromatic rings. The Hall–Kier alpha value is -0.860. The van der Waals surface area contributed by atoms with Crippen molar-refractivity contribution >= 4 is 32.4 Å². The van der Waals surface area contributed by atoms with Gasteiger partial charge in [-0.3, -0.25) is 4.21 Å². The van der Waals surface area contributed by atoms with E-state index in [4.69, 9.17) is 5.26 Å². The molecule has 1 aromatic carbocycles. The van der Waals surface area contributed by atoms with Crippen LogP contribution in [0.5, 0.6) is 0 Å². The Morgan fingerprint density at radius 2 is 2.33 bits per heavy atom. The second-order valence-electron chi connectivity index (χ2n) is 2.98. The van der Waals surface area contributed by atoms with Gasteiger partial charge >= 0.3 is 0 Å². The number of hydrogen-bond acceptors (Lipinski definition) is 3. The zero-order chi connectivity index (χ0) is 11.3. The maximum absolute atomic E-state index is 10.9. The summed E-state index contributed by atoms with van der Waals surface area (Å²) in [6.07, 6.45) is 1.66. The van der Waals surface area contributed by atoms with Gasteiger partial charge in [0.2, 0.25) is 0 Å². The molecule has 0 bridgehead atoms. The largest absolute Gasteiger partial charge is 0.383 e. The lowest BCUT2D eigenvalue weighted by Crippen LogP contribution is -2.10. The summed E-state index contributed by atoms with van der Waals surface area (Å²) in [6, 6.07) is 7.63. The second kappa shape index (κ2) is 5.89. The van der Waals surface area contributed by atoms with E-state index in [0.29, 0.717) is 17.9 Å². The Labute approximate surface area is 100 Å². The van der Waals surface area contributed by atoms with Gasteiger partial charge in [-0.1, -0.05) is 6.07 Å². The molecule has 15 heavy (non-hydrogen) atoms. The van der Waals surface area contributed by atoms with Gasteiger partial charge in [-0.25, -0.2) is 0 Å². The molecule has 80 valence electrons. The minimum absolute atomic E-state index is 0.581. The summed E-state index contributed by atoms with van der Waals surface area (Å²) in [5.41, 5.74) is 1.36. The van der Waals surface area contributed by atoms with E-state index in [9.17, 15) is 4.21 Å². The highest BCUT2D eigenvalue weighted by molar-refractivity contribution is 9.10. The Morgan fingerprint density at radius 3 is 2.93 bits per heavy atom. The lowest BCUT2D eigenvalue weighted by molar-refractivity contribution is 0.687. The number of nitriles is 1. The van der Waals surface area contributed by atoms with Gasteiger partial charge in [0, 0.05) is 33.8 Å². The van der Waals surface area contributed by atoms with Crippen LogP contribution < -0.4 is 5.32 Å². The molecule has 1 rings (SSSR count). The molecule has 3 nitrogen and oxygen atoms in total. The van der Waals surface area contributed by atoms with E-state index >= 15 is 0 Å². The summed E-state index contributed by atoms with van der Waals surface area (Å²) in [7, 11) is -0.810. The molecule has 5 heteroatoms. The molecule has 1 unspecified atom stereocenters. The number of benzene rings is 1. The molecule has 0 saturated heterocycles. The fourth-order valence-corrected chi connectivity index (χ4v) is 1.96. The standard InChI is InChI=1S/C10H11BrN2OS/c1-15(14)6-5-13-10-4-2-3-9(11)8(10)7-12/h2-4,13H,5-6H2,1H3. The first-order valence-corrected chi connectivity index (χ1v) is 6.89. The van der Waals surface area contributed by atoms with E-state index in [1.54, 1.807) is 6.26 Å². The van der Waals surface area contributed by atoms with Crippen molar-refractivity contribution in [2.75, 3.05) is 23.9 Å². The molecule has 0 saturated carbocycles. The predicted octanol–water partition coefficient (Wildman–Crippen LogP) is 2.11. The second-order valence-corrected chi connectivity index (χ2v) is 5.39. The van der Waals surface area contributed by atoms with Gasteiger partial charge in [-0.2, -0.15) is 5.26 Å². The number of hydrogen-bond donors (Lipinski definition) is 1. The topological polar surface area (TPSA) is 52.9 Å². The third-order valence-corrected chi connectivity index (χ3v) is 3.27. The van der Waals surface area contributed by atoms with Gasteiger partial charge < -0.3 is 5.32 Å². The van der Waals surface area contributed by atoms with E-state index < -0.39 is 10.8 Å². The summed E-state index contributed by atoms with van der Waals surface area (Å²) in [6.45, 7) is 0.605. The van der Waals surface area contributed by atoms with Gasteiger partial charge in [0.05, 0.1) is 11.3 Å². The van der Waals surface area contributed by atoms with Crippen molar-refractivity contribution in [2.24, 2.45) is 0 Å². The lowest BCUT2D eigenvalue weighted by Gasteiger charge is -2.07. The highest BCUT2D eigenvalue weighted by atomic mass is 79.9. The minimum Gasteiger partial charge on any atom is -0.383 e. The molecule has 0 heterocycles. The predicted molar refractivity (Wildman–Crippen MR) is 66.3 cm³/mol. The van der Waals surface area contributed by atoms with Crippen LogP contribution in [-0.4, -0.2) is 22.8 Å². The van der Waals surface area contributed by atoms with Crippen LogP contribution in [0.15, 0.2) is 22.7 Å². The molecule has 0 aromatic heterocycles. The van der Waals surface area contributed by atoms with Crippen LogP contribution in [0.25, 0.3) is 0 Å². The van der Waals surface area contributed by atoms with Crippen molar-refractivity contribution in [3.63, 3.8) is 0 Å². The van der Waals surface area contributed by atoms with Gasteiger partial charge in [0.25, 0.3) is 0 Å². The SMILES string of the molecule is CS(=O)CCNc1cccc(Br)c1C#N. The van der Waals surface area contributed by atoms with E-state index in [-0.39, 0.29) is 0 Å². The molecule has 0 radical (unpaired) electrons. The van der Waals surface area contributed by atoms with Crippen LogP contribution in [0.3, 0.4) is 0 Å². The number of halogens is 1. The molecular formula is C10H11BrN2OS. The Morgan fingerprint density at radius 1 is 1.60 bits per heavy atom. The highest BCUT2D eigenvalue weighted by Crippen LogP contribution is 2.23. The molecular weight excluding hydrogens is 276 g/mol. The summed E-state index contributed by atoms with van der Waals surface area (Å²) in [5.74, 6) is 0.581. The summed E-state index contributed by atoms with van der Waals surface area (Å²) < 4.78 is 11.6. The molecule has 1 atom stereocenters. The van der Waals surface area contributed by atoms with Gasteiger partial charge in [0.1, 0.15) is 6.07 Å². The van der Waals surface area contributed by atoms with Crippen molar-refractivity contribution in [2.45, 2.75) is 0 Å². The van der Waals surface area contributed by atoms with Crippen LogP contribution in [0.1, 0.15) is 5.56 Å². The van der Waals surface area contributed by atoms with E-state index in [0.717, 1.165) is 10.2 Å². The van der Waals surface area contributed by atoms with Crippen molar-refractivity contribution in [3.05, 3.63) is 28.2 Å². The van der Waals surface area contributed by atoms with Crippen LogP contribution in [0.4, 0.5) is 5.69 Å². The summed E-state index contributed by atoms with van der Waals surface area (Å²) >= 11 is 3.31. The molecule has 0 spiro atoms.